The number of carbonyl (C=O) groups excluding carboxylic acids is 2. The molecule has 0 aromatic heterocycles. The molecule has 0 saturated heterocycles. The van der Waals surface area contributed by atoms with Gasteiger partial charge in [-0.2, -0.15) is 0 Å². The van der Waals surface area contributed by atoms with E-state index < -0.39 is 12.0 Å². The van der Waals surface area contributed by atoms with Gasteiger partial charge in [-0.05, 0) is 41.3 Å². The Morgan fingerprint density at radius 2 is 1.74 bits per heavy atom. The molecule has 2 amide bonds. The van der Waals surface area contributed by atoms with Gasteiger partial charge in [0.05, 0.1) is 12.0 Å². The molecule has 0 fully saturated rings. The maximum absolute atomic E-state index is 14.1. The Labute approximate surface area is 199 Å². The molecule has 2 heterocycles. The third-order valence-electron chi connectivity index (χ3n) is 6.55. The van der Waals surface area contributed by atoms with Crippen LogP contribution in [-0.4, -0.2) is 42.0 Å². The van der Waals surface area contributed by atoms with Gasteiger partial charge < -0.3 is 19.3 Å². The lowest BCUT2D eigenvalue weighted by Crippen LogP contribution is -2.47. The number of amides is 2. The molecule has 6 nitrogen and oxygen atoms in total. The van der Waals surface area contributed by atoms with Crippen LogP contribution >= 0.6 is 0 Å². The monoisotopic (exact) mass is 456 g/mol. The zero-order valence-corrected chi connectivity index (χ0v) is 19.4. The number of nitrogens with zero attached hydrogens (tertiary/aromatic N) is 2. The summed E-state index contributed by atoms with van der Waals surface area (Å²) >= 11 is 0. The molecule has 0 N–H and O–H groups in total. The van der Waals surface area contributed by atoms with Crippen molar-refractivity contribution in [2.24, 2.45) is 0 Å². The van der Waals surface area contributed by atoms with Crippen molar-refractivity contribution in [3.05, 3.63) is 95.1 Å². The number of rotatable bonds is 6. The van der Waals surface area contributed by atoms with E-state index in [1.165, 1.54) is 0 Å². The van der Waals surface area contributed by atoms with E-state index in [1.54, 1.807) is 4.90 Å². The van der Waals surface area contributed by atoms with Gasteiger partial charge in [-0.1, -0.05) is 61.5 Å². The van der Waals surface area contributed by atoms with Gasteiger partial charge in [0.25, 0.3) is 5.91 Å². The predicted molar refractivity (Wildman–Crippen MR) is 129 cm³/mol. The summed E-state index contributed by atoms with van der Waals surface area (Å²) in [6.07, 6.45) is 0.787. The number of likely N-dealkylation sites (N-methyl/N-ethyl adjacent to an activating group) is 1. The van der Waals surface area contributed by atoms with Gasteiger partial charge >= 0.3 is 0 Å². The van der Waals surface area contributed by atoms with Crippen LogP contribution in [0.5, 0.6) is 11.5 Å². The van der Waals surface area contributed by atoms with Crippen molar-refractivity contribution in [3.63, 3.8) is 0 Å². The van der Waals surface area contributed by atoms with E-state index in [0.29, 0.717) is 30.2 Å². The van der Waals surface area contributed by atoms with Gasteiger partial charge in [0.1, 0.15) is 0 Å². The second-order valence-corrected chi connectivity index (χ2v) is 8.80. The molecule has 2 atom stereocenters. The maximum Gasteiger partial charge on any atom is 0.254 e. The molecule has 6 heteroatoms. The summed E-state index contributed by atoms with van der Waals surface area (Å²) in [5.41, 5.74) is 3.29. The number of hydrogen-bond donors (Lipinski definition) is 0. The largest absolute Gasteiger partial charge is 0.454 e. The summed E-state index contributed by atoms with van der Waals surface area (Å²) in [4.78, 5) is 31.3. The van der Waals surface area contributed by atoms with E-state index in [-0.39, 0.29) is 18.6 Å². The summed E-state index contributed by atoms with van der Waals surface area (Å²) in [5, 5.41) is 0. The van der Waals surface area contributed by atoms with Crippen LogP contribution in [0.3, 0.4) is 0 Å². The number of fused-ring (bicyclic) bond motifs is 2. The Morgan fingerprint density at radius 1 is 1.00 bits per heavy atom. The molecule has 3 aromatic rings. The van der Waals surface area contributed by atoms with Crippen LogP contribution in [-0.2, 0) is 11.3 Å². The topological polar surface area (TPSA) is 59.1 Å². The first-order chi connectivity index (χ1) is 16.6. The van der Waals surface area contributed by atoms with E-state index in [1.807, 2.05) is 91.7 Å². The van der Waals surface area contributed by atoms with Crippen molar-refractivity contribution >= 4 is 11.8 Å². The fourth-order valence-electron chi connectivity index (χ4n) is 4.99. The molecule has 0 bridgehead atoms. The maximum atomic E-state index is 14.1. The normalized spacial score (nSPS) is 18.5. The minimum atomic E-state index is -0.533. The summed E-state index contributed by atoms with van der Waals surface area (Å²) < 4.78 is 11.1. The highest BCUT2D eigenvalue weighted by atomic mass is 16.7. The number of hydrogen-bond acceptors (Lipinski definition) is 4. The molecular weight excluding hydrogens is 428 g/mol. The van der Waals surface area contributed by atoms with E-state index in [4.69, 9.17) is 9.47 Å². The van der Waals surface area contributed by atoms with Crippen LogP contribution in [0.4, 0.5) is 0 Å². The van der Waals surface area contributed by atoms with Crippen LogP contribution in [0.1, 0.15) is 52.4 Å². The van der Waals surface area contributed by atoms with Gasteiger partial charge in [-0.3, -0.25) is 9.59 Å². The molecule has 5 rings (SSSR count). The Kier molecular flexibility index (Phi) is 5.97. The molecule has 2 aliphatic heterocycles. The van der Waals surface area contributed by atoms with Crippen LogP contribution in [0.15, 0.2) is 72.8 Å². The van der Waals surface area contributed by atoms with Gasteiger partial charge in [0.15, 0.2) is 11.5 Å². The van der Waals surface area contributed by atoms with E-state index >= 15 is 0 Å². The zero-order valence-electron chi connectivity index (χ0n) is 19.4. The van der Waals surface area contributed by atoms with Gasteiger partial charge in [0.2, 0.25) is 12.7 Å². The Balaban J connectivity index is 1.60. The fourth-order valence-corrected chi connectivity index (χ4v) is 4.99. The van der Waals surface area contributed by atoms with Crippen LogP contribution in [0.2, 0.25) is 0 Å². The molecule has 3 aromatic carbocycles. The average Bonchev–Trinajstić information content (AvgIpc) is 3.34. The highest BCUT2D eigenvalue weighted by Crippen LogP contribution is 2.46. The van der Waals surface area contributed by atoms with Gasteiger partial charge in [-0.25, -0.2) is 0 Å². The molecule has 0 aliphatic carbocycles. The third kappa shape index (κ3) is 3.89. The van der Waals surface area contributed by atoms with Crippen LogP contribution < -0.4 is 9.47 Å². The van der Waals surface area contributed by atoms with Crippen molar-refractivity contribution < 1.29 is 19.1 Å². The molecule has 0 radical (unpaired) electrons. The molecule has 0 spiro atoms. The van der Waals surface area contributed by atoms with Crippen molar-refractivity contribution in [3.8, 4) is 11.5 Å². The molecular formula is C28H28N2O4. The third-order valence-corrected chi connectivity index (χ3v) is 6.55. The van der Waals surface area contributed by atoms with Crippen LogP contribution in [0, 0.1) is 0 Å². The summed E-state index contributed by atoms with van der Waals surface area (Å²) in [7, 11) is 1.83. The second-order valence-electron chi connectivity index (χ2n) is 8.80. The second kappa shape index (κ2) is 9.21. The lowest BCUT2D eigenvalue weighted by atomic mass is 9.78. The van der Waals surface area contributed by atoms with Gasteiger partial charge in [-0.15, -0.1) is 0 Å². The van der Waals surface area contributed by atoms with Crippen molar-refractivity contribution in [1.29, 1.82) is 0 Å². The van der Waals surface area contributed by atoms with Crippen molar-refractivity contribution in [1.82, 2.24) is 9.80 Å². The first-order valence-electron chi connectivity index (χ1n) is 11.7. The summed E-state index contributed by atoms with van der Waals surface area (Å²) in [5.74, 6) is 0.721. The number of ether oxygens (including phenoxy) is 2. The Hall–Kier alpha value is -3.80. The minimum absolute atomic E-state index is 0.0208. The first kappa shape index (κ1) is 22.0. The van der Waals surface area contributed by atoms with Crippen molar-refractivity contribution in [2.45, 2.75) is 31.8 Å². The van der Waals surface area contributed by atoms with E-state index in [2.05, 4.69) is 0 Å². The standard InChI is InChI=1S/C28H28N2O4/c1-3-15-30-26(20-13-14-23-24(16-20)34-18-33-23)25(21-11-7-8-12-22(21)27(30)31)28(32)29(2)17-19-9-5-4-6-10-19/h4-14,16,25-26H,3,15,17-18H2,1-2H3. The smallest absolute Gasteiger partial charge is 0.254 e. The van der Waals surface area contributed by atoms with E-state index in [0.717, 1.165) is 23.1 Å². The zero-order chi connectivity index (χ0) is 23.7. The van der Waals surface area contributed by atoms with Crippen molar-refractivity contribution in [2.75, 3.05) is 20.4 Å². The molecule has 2 unspecified atom stereocenters. The number of carbonyl (C=O) groups is 2. The Bertz CT molecular complexity index is 1210. The minimum Gasteiger partial charge on any atom is -0.454 e. The summed E-state index contributed by atoms with van der Waals surface area (Å²) in [6.45, 7) is 3.27. The molecule has 174 valence electrons. The van der Waals surface area contributed by atoms with Gasteiger partial charge in [0, 0.05) is 25.7 Å². The highest BCUT2D eigenvalue weighted by Gasteiger charge is 2.45. The van der Waals surface area contributed by atoms with Crippen LogP contribution in [0.25, 0.3) is 0 Å². The number of benzene rings is 3. The average molecular weight is 457 g/mol. The predicted octanol–water partition coefficient (Wildman–Crippen LogP) is 4.76. The Morgan fingerprint density at radius 3 is 2.53 bits per heavy atom. The van der Waals surface area contributed by atoms with E-state index in [9.17, 15) is 9.59 Å². The lowest BCUT2D eigenvalue weighted by molar-refractivity contribution is -0.133. The first-order valence-corrected chi connectivity index (χ1v) is 11.7. The SMILES string of the molecule is CCCN1C(=O)c2ccccc2C(C(=O)N(C)Cc2ccccc2)C1c1ccc2c(c1)OCO2. The lowest BCUT2D eigenvalue weighted by Gasteiger charge is -2.43. The summed E-state index contributed by atoms with van der Waals surface area (Å²) in [6, 6.07) is 22.7. The highest BCUT2D eigenvalue weighted by molar-refractivity contribution is 6.01. The molecule has 2 aliphatic rings. The quantitative estimate of drug-likeness (QED) is 0.536. The molecule has 0 saturated carbocycles. The molecule has 34 heavy (non-hydrogen) atoms. The fraction of sp³-hybridized carbons (Fsp3) is 0.286.